The van der Waals surface area contributed by atoms with E-state index >= 15 is 0 Å². The topological polar surface area (TPSA) is 134 Å². The van der Waals surface area contributed by atoms with Crippen LogP contribution >= 0.6 is 0 Å². The van der Waals surface area contributed by atoms with Crippen LogP contribution in [0, 0.1) is 0 Å². The Bertz CT molecular complexity index is 344. The SMILES string of the molecule is [N-]=[N+]=NC[C@@H]1OC[C@@H]2O[C@H](CN=[N+]=[N-])OC[C@@H]2O1. The molecule has 0 unspecified atom stereocenters. The largest absolute Gasteiger partial charge is 0.350 e. The van der Waals surface area contributed by atoms with Crippen LogP contribution in [0.25, 0.3) is 20.9 Å². The highest BCUT2D eigenvalue weighted by atomic mass is 16.8. The highest BCUT2D eigenvalue weighted by Gasteiger charge is 2.38. The van der Waals surface area contributed by atoms with Crippen molar-refractivity contribution in [1.82, 2.24) is 0 Å². The van der Waals surface area contributed by atoms with Gasteiger partial charge in [-0.1, -0.05) is 10.2 Å². The van der Waals surface area contributed by atoms with E-state index in [9.17, 15) is 0 Å². The highest BCUT2D eigenvalue weighted by molar-refractivity contribution is 4.80. The van der Waals surface area contributed by atoms with Crippen molar-refractivity contribution in [3.05, 3.63) is 20.9 Å². The van der Waals surface area contributed by atoms with Crippen LogP contribution < -0.4 is 0 Å². The molecule has 0 aliphatic carbocycles. The lowest BCUT2D eigenvalue weighted by Gasteiger charge is -2.41. The van der Waals surface area contributed by atoms with Crippen LogP contribution in [-0.2, 0) is 18.9 Å². The van der Waals surface area contributed by atoms with Crippen molar-refractivity contribution in [3.8, 4) is 0 Å². The minimum Gasteiger partial charge on any atom is -0.350 e. The molecule has 18 heavy (non-hydrogen) atoms. The van der Waals surface area contributed by atoms with E-state index in [0.29, 0.717) is 13.2 Å². The normalized spacial score (nSPS) is 34.9. The summed E-state index contributed by atoms with van der Waals surface area (Å²) < 4.78 is 21.7. The van der Waals surface area contributed by atoms with Gasteiger partial charge in [-0.2, -0.15) is 0 Å². The quantitative estimate of drug-likeness (QED) is 0.422. The van der Waals surface area contributed by atoms with Gasteiger partial charge >= 0.3 is 0 Å². The Kier molecular flexibility index (Phi) is 4.59. The van der Waals surface area contributed by atoms with Gasteiger partial charge in [0.2, 0.25) is 0 Å². The van der Waals surface area contributed by atoms with Gasteiger partial charge in [0.15, 0.2) is 12.6 Å². The first-order valence-corrected chi connectivity index (χ1v) is 5.39. The third kappa shape index (κ3) is 3.23. The molecule has 0 saturated carbocycles. The summed E-state index contributed by atoms with van der Waals surface area (Å²) in [4.78, 5) is 5.27. The summed E-state index contributed by atoms with van der Waals surface area (Å²) in [5, 5.41) is 6.76. The zero-order valence-electron chi connectivity index (χ0n) is 9.45. The van der Waals surface area contributed by atoms with Gasteiger partial charge < -0.3 is 18.9 Å². The van der Waals surface area contributed by atoms with E-state index in [1.807, 2.05) is 0 Å². The van der Waals surface area contributed by atoms with E-state index in [0.717, 1.165) is 0 Å². The van der Waals surface area contributed by atoms with Gasteiger partial charge in [0.1, 0.15) is 12.2 Å². The smallest absolute Gasteiger partial charge is 0.163 e. The first kappa shape index (κ1) is 12.9. The van der Waals surface area contributed by atoms with Crippen molar-refractivity contribution < 1.29 is 18.9 Å². The number of rotatable bonds is 4. The van der Waals surface area contributed by atoms with Gasteiger partial charge in [-0.3, -0.25) is 0 Å². The van der Waals surface area contributed by atoms with Crippen LogP contribution in [0.4, 0.5) is 0 Å². The van der Waals surface area contributed by atoms with E-state index in [2.05, 4.69) is 20.1 Å². The van der Waals surface area contributed by atoms with E-state index in [1.165, 1.54) is 0 Å². The molecule has 2 heterocycles. The molecule has 0 radical (unpaired) electrons. The summed E-state index contributed by atoms with van der Waals surface area (Å²) >= 11 is 0. The molecule has 0 amide bonds. The number of fused-ring (bicyclic) bond motifs is 1. The van der Waals surface area contributed by atoms with Crippen LogP contribution in [0.15, 0.2) is 10.2 Å². The maximum atomic E-state index is 8.20. The lowest BCUT2D eigenvalue weighted by Crippen LogP contribution is -2.54. The molecular formula is C8H12N6O4. The Balaban J connectivity index is 1.83. The molecule has 2 rings (SSSR count). The van der Waals surface area contributed by atoms with E-state index in [-0.39, 0.29) is 25.3 Å². The van der Waals surface area contributed by atoms with Gasteiger partial charge in [0.05, 0.1) is 26.3 Å². The third-order valence-corrected chi connectivity index (χ3v) is 2.55. The maximum Gasteiger partial charge on any atom is 0.163 e. The number of hydrogen-bond donors (Lipinski definition) is 0. The number of ether oxygens (including phenoxy) is 4. The maximum absolute atomic E-state index is 8.20. The molecule has 2 aliphatic heterocycles. The predicted octanol–water partition coefficient (Wildman–Crippen LogP) is 1.09. The van der Waals surface area contributed by atoms with Crippen molar-refractivity contribution in [3.63, 3.8) is 0 Å². The Labute approximate surface area is 102 Å². The third-order valence-electron chi connectivity index (χ3n) is 2.55. The number of azide groups is 2. The average molecular weight is 256 g/mol. The fourth-order valence-corrected chi connectivity index (χ4v) is 1.74. The molecule has 0 bridgehead atoms. The van der Waals surface area contributed by atoms with Crippen LogP contribution in [0.2, 0.25) is 0 Å². The monoisotopic (exact) mass is 256 g/mol. The summed E-state index contributed by atoms with van der Waals surface area (Å²) in [7, 11) is 0. The second-order valence-electron chi connectivity index (χ2n) is 3.70. The van der Waals surface area contributed by atoms with E-state index < -0.39 is 12.6 Å². The molecule has 0 aromatic heterocycles. The first-order valence-electron chi connectivity index (χ1n) is 5.39. The molecule has 2 fully saturated rings. The molecule has 10 nitrogen and oxygen atoms in total. The molecule has 0 N–H and O–H groups in total. The van der Waals surface area contributed by atoms with Crippen molar-refractivity contribution in [2.45, 2.75) is 24.8 Å². The van der Waals surface area contributed by atoms with E-state index in [1.54, 1.807) is 0 Å². The summed E-state index contributed by atoms with van der Waals surface area (Å²) in [5.41, 5.74) is 16.4. The fraction of sp³-hybridized carbons (Fsp3) is 1.00. The summed E-state index contributed by atoms with van der Waals surface area (Å²) in [6.45, 7) is 0.878. The molecule has 0 spiro atoms. The predicted molar refractivity (Wildman–Crippen MR) is 57.3 cm³/mol. The van der Waals surface area contributed by atoms with Gasteiger partial charge in [-0.25, -0.2) is 0 Å². The molecule has 2 saturated heterocycles. The summed E-state index contributed by atoms with van der Waals surface area (Å²) in [6, 6.07) is 0. The molecule has 0 aromatic carbocycles. The zero-order valence-corrected chi connectivity index (χ0v) is 9.45. The molecule has 10 heteroatoms. The van der Waals surface area contributed by atoms with E-state index in [4.69, 9.17) is 30.0 Å². The fourth-order valence-electron chi connectivity index (χ4n) is 1.74. The average Bonchev–Trinajstić information content (AvgIpc) is 2.42. The lowest BCUT2D eigenvalue weighted by molar-refractivity contribution is -0.331. The highest BCUT2D eigenvalue weighted by Crippen LogP contribution is 2.23. The number of nitrogens with zero attached hydrogens (tertiary/aromatic N) is 6. The molecule has 4 atom stereocenters. The zero-order chi connectivity index (χ0) is 12.8. The summed E-state index contributed by atoms with van der Waals surface area (Å²) in [5.74, 6) is 0. The van der Waals surface area contributed by atoms with Crippen molar-refractivity contribution >= 4 is 0 Å². The van der Waals surface area contributed by atoms with Crippen LogP contribution in [-0.4, -0.2) is 51.1 Å². The molecular weight excluding hydrogens is 244 g/mol. The second kappa shape index (κ2) is 6.41. The standard InChI is InChI=1S/C8H12N6O4/c9-13-11-1-7-15-3-6-5(17-7)4-16-8(18-6)2-12-14-10/h5-8H,1-4H2/t5-,6-,7+,8+/m0/s1. The Morgan fingerprint density at radius 2 is 1.33 bits per heavy atom. The van der Waals surface area contributed by atoms with Gasteiger partial charge in [-0.15, -0.1) is 0 Å². The first-order chi connectivity index (χ1) is 8.83. The Morgan fingerprint density at radius 3 is 1.72 bits per heavy atom. The van der Waals surface area contributed by atoms with Crippen LogP contribution in [0.3, 0.4) is 0 Å². The molecule has 2 aliphatic rings. The van der Waals surface area contributed by atoms with Crippen LogP contribution in [0.1, 0.15) is 0 Å². The van der Waals surface area contributed by atoms with Crippen molar-refractivity contribution in [1.29, 1.82) is 0 Å². The van der Waals surface area contributed by atoms with Crippen LogP contribution in [0.5, 0.6) is 0 Å². The minimum atomic E-state index is -0.567. The number of hydrogen-bond acceptors (Lipinski definition) is 6. The summed E-state index contributed by atoms with van der Waals surface area (Å²) in [6.07, 6.45) is -1.66. The van der Waals surface area contributed by atoms with Gasteiger partial charge in [-0.05, 0) is 11.1 Å². The van der Waals surface area contributed by atoms with Crippen molar-refractivity contribution in [2.75, 3.05) is 26.3 Å². The second-order valence-corrected chi connectivity index (χ2v) is 3.70. The Hall–Kier alpha value is -1.54. The van der Waals surface area contributed by atoms with Gasteiger partial charge in [0, 0.05) is 9.82 Å². The molecule has 0 aromatic rings. The lowest BCUT2D eigenvalue weighted by atomic mass is 10.2. The Morgan fingerprint density at radius 1 is 0.889 bits per heavy atom. The van der Waals surface area contributed by atoms with Crippen molar-refractivity contribution in [2.24, 2.45) is 10.2 Å². The van der Waals surface area contributed by atoms with Gasteiger partial charge in [0.25, 0.3) is 0 Å². The minimum absolute atomic E-state index is 0.113. The molecule has 98 valence electrons.